The van der Waals surface area contributed by atoms with Crippen molar-refractivity contribution in [2.45, 2.75) is 45.2 Å². The highest BCUT2D eigenvalue weighted by Crippen LogP contribution is 2.12. The molecule has 1 heterocycles. The van der Waals surface area contributed by atoms with Gasteiger partial charge in [0.15, 0.2) is 5.76 Å². The minimum absolute atomic E-state index is 0.0605. The molecule has 0 radical (unpaired) electrons. The van der Waals surface area contributed by atoms with Gasteiger partial charge in [-0.05, 0) is 20.8 Å². The summed E-state index contributed by atoms with van der Waals surface area (Å²) in [5.41, 5.74) is -1.85. The second-order valence-corrected chi connectivity index (χ2v) is 5.09. The highest BCUT2D eigenvalue weighted by molar-refractivity contribution is 6.29. The Balaban J connectivity index is 2.41. The summed E-state index contributed by atoms with van der Waals surface area (Å²) in [5.74, 6) is -0.357. The first-order chi connectivity index (χ1) is 8.28. The zero-order chi connectivity index (χ0) is 13.8. The maximum absolute atomic E-state index is 12.3. The van der Waals surface area contributed by atoms with Crippen LogP contribution in [0.1, 0.15) is 32.2 Å². The van der Waals surface area contributed by atoms with E-state index in [1.54, 1.807) is 6.07 Å². The van der Waals surface area contributed by atoms with Crippen molar-refractivity contribution in [2.24, 2.45) is 0 Å². The number of carbonyl (C=O) groups is 1. The molecule has 0 bridgehead atoms. The molecule has 0 saturated carbocycles. The third-order valence-electron chi connectivity index (χ3n) is 1.90. The van der Waals surface area contributed by atoms with Crippen LogP contribution in [0.15, 0.2) is 10.6 Å². The van der Waals surface area contributed by atoms with Crippen LogP contribution in [-0.2, 0) is 22.7 Å². The van der Waals surface area contributed by atoms with Gasteiger partial charge in [-0.1, -0.05) is 16.8 Å². The Morgan fingerprint density at radius 3 is 2.89 bits per heavy atom. The van der Waals surface area contributed by atoms with Crippen molar-refractivity contribution in [3.8, 4) is 0 Å². The lowest BCUT2D eigenvalue weighted by Gasteiger charge is -2.17. The Kier molecular flexibility index (Phi) is 5.10. The number of halogens is 2. The number of nitrogens with zero attached hydrogens (tertiary/aromatic N) is 1. The SMILES string of the molecule is CC(C)(C)OCc1cc(CNC(=O)C(F)Cl)no1. The molecule has 102 valence electrons. The van der Waals surface area contributed by atoms with E-state index in [1.807, 2.05) is 20.8 Å². The number of carbonyl (C=O) groups excluding carboxylic acids is 1. The van der Waals surface area contributed by atoms with Crippen LogP contribution >= 0.6 is 11.6 Å². The fourth-order valence-electron chi connectivity index (χ4n) is 1.05. The first-order valence-electron chi connectivity index (χ1n) is 5.42. The molecular weight excluding hydrogens is 263 g/mol. The summed E-state index contributed by atoms with van der Waals surface area (Å²) in [6.07, 6.45) is 0. The average molecular weight is 279 g/mol. The maximum Gasteiger partial charge on any atom is 0.270 e. The van der Waals surface area contributed by atoms with E-state index in [2.05, 4.69) is 10.5 Å². The highest BCUT2D eigenvalue weighted by Gasteiger charge is 2.15. The lowest BCUT2D eigenvalue weighted by atomic mass is 10.2. The molecule has 0 aliphatic heterocycles. The van der Waals surface area contributed by atoms with Gasteiger partial charge in [0.25, 0.3) is 11.5 Å². The maximum atomic E-state index is 12.3. The molecule has 1 unspecified atom stereocenters. The summed E-state index contributed by atoms with van der Waals surface area (Å²) in [6, 6.07) is 1.63. The van der Waals surface area contributed by atoms with Crippen molar-refractivity contribution in [1.82, 2.24) is 10.5 Å². The molecule has 0 spiro atoms. The number of nitrogens with one attached hydrogen (secondary N) is 1. The zero-order valence-corrected chi connectivity index (χ0v) is 11.3. The number of ether oxygens (including phenoxy) is 1. The monoisotopic (exact) mass is 278 g/mol. The first kappa shape index (κ1) is 14.9. The number of alkyl halides is 2. The van der Waals surface area contributed by atoms with Crippen molar-refractivity contribution in [3.63, 3.8) is 0 Å². The highest BCUT2D eigenvalue weighted by atomic mass is 35.5. The standard InChI is InChI=1S/C11H16ClFN2O3/c1-11(2,3)17-6-8-4-7(15-18-8)5-14-10(16)9(12)13/h4,9H,5-6H2,1-3H3,(H,14,16). The van der Waals surface area contributed by atoms with Gasteiger partial charge in [-0.25, -0.2) is 4.39 Å². The molecule has 18 heavy (non-hydrogen) atoms. The Hall–Kier alpha value is -1.14. The van der Waals surface area contributed by atoms with Crippen LogP contribution in [0, 0.1) is 0 Å². The number of hydrogen-bond donors (Lipinski definition) is 1. The Morgan fingerprint density at radius 1 is 1.67 bits per heavy atom. The van der Waals surface area contributed by atoms with E-state index in [0.717, 1.165) is 0 Å². The summed E-state index contributed by atoms with van der Waals surface area (Å²) in [7, 11) is 0. The molecule has 1 N–H and O–H groups in total. The van der Waals surface area contributed by atoms with Crippen LogP contribution in [0.4, 0.5) is 4.39 Å². The van der Waals surface area contributed by atoms with Gasteiger partial charge in [0.2, 0.25) is 0 Å². The molecule has 1 aromatic rings. The van der Waals surface area contributed by atoms with Crippen LogP contribution in [0.5, 0.6) is 0 Å². The summed E-state index contributed by atoms with van der Waals surface area (Å²) in [6.45, 7) is 6.11. The first-order valence-corrected chi connectivity index (χ1v) is 5.86. The molecule has 0 aliphatic carbocycles. The van der Waals surface area contributed by atoms with E-state index < -0.39 is 11.5 Å². The van der Waals surface area contributed by atoms with Gasteiger partial charge >= 0.3 is 0 Å². The average Bonchev–Trinajstić information content (AvgIpc) is 2.70. The molecule has 0 saturated heterocycles. The van der Waals surface area contributed by atoms with Gasteiger partial charge < -0.3 is 14.6 Å². The minimum Gasteiger partial charge on any atom is -0.368 e. The Bertz CT molecular complexity index is 401. The molecule has 1 amide bonds. The summed E-state index contributed by atoms with van der Waals surface area (Å²) in [5, 5.41) is 5.99. The van der Waals surface area contributed by atoms with Gasteiger partial charge in [0.1, 0.15) is 12.3 Å². The third kappa shape index (κ3) is 5.46. The lowest BCUT2D eigenvalue weighted by Crippen LogP contribution is -2.28. The molecule has 0 aromatic carbocycles. The lowest BCUT2D eigenvalue weighted by molar-refractivity contribution is -0.123. The molecule has 5 nitrogen and oxygen atoms in total. The van der Waals surface area contributed by atoms with Gasteiger partial charge in [-0.3, -0.25) is 4.79 Å². The molecule has 1 atom stereocenters. The normalized spacial score (nSPS) is 13.4. The molecule has 1 aromatic heterocycles. The predicted octanol–water partition coefficient (Wildman–Crippen LogP) is 2.14. The van der Waals surface area contributed by atoms with Crippen molar-refractivity contribution >= 4 is 17.5 Å². The van der Waals surface area contributed by atoms with Crippen molar-refractivity contribution in [2.75, 3.05) is 0 Å². The van der Waals surface area contributed by atoms with Crippen LogP contribution in [-0.4, -0.2) is 22.3 Å². The number of amides is 1. The number of hydrogen-bond acceptors (Lipinski definition) is 4. The Morgan fingerprint density at radius 2 is 2.33 bits per heavy atom. The van der Waals surface area contributed by atoms with E-state index in [1.165, 1.54) is 0 Å². The van der Waals surface area contributed by atoms with Gasteiger partial charge in [0, 0.05) is 6.07 Å². The van der Waals surface area contributed by atoms with Gasteiger partial charge in [0.05, 0.1) is 12.1 Å². The molecule has 7 heteroatoms. The molecular formula is C11H16ClFN2O3. The van der Waals surface area contributed by atoms with Crippen LogP contribution < -0.4 is 5.32 Å². The second-order valence-electron chi connectivity index (χ2n) is 4.70. The number of aromatic nitrogens is 1. The van der Waals surface area contributed by atoms with Crippen molar-refractivity contribution in [1.29, 1.82) is 0 Å². The van der Waals surface area contributed by atoms with Crippen LogP contribution in [0.2, 0.25) is 0 Å². The summed E-state index contributed by atoms with van der Waals surface area (Å²) < 4.78 is 22.8. The van der Waals surface area contributed by atoms with Crippen molar-refractivity contribution < 1.29 is 18.4 Å². The topological polar surface area (TPSA) is 64.4 Å². The zero-order valence-electron chi connectivity index (χ0n) is 10.5. The predicted molar refractivity (Wildman–Crippen MR) is 63.6 cm³/mol. The minimum atomic E-state index is -2.06. The van der Waals surface area contributed by atoms with E-state index >= 15 is 0 Å². The summed E-state index contributed by atoms with van der Waals surface area (Å²) in [4.78, 5) is 10.9. The van der Waals surface area contributed by atoms with E-state index in [0.29, 0.717) is 11.5 Å². The fraction of sp³-hybridized carbons (Fsp3) is 0.636. The smallest absolute Gasteiger partial charge is 0.270 e. The third-order valence-corrected chi connectivity index (χ3v) is 2.10. The molecule has 0 aliphatic rings. The van der Waals surface area contributed by atoms with Crippen molar-refractivity contribution in [3.05, 3.63) is 17.5 Å². The summed E-state index contributed by atoms with van der Waals surface area (Å²) >= 11 is 4.96. The van der Waals surface area contributed by atoms with E-state index in [4.69, 9.17) is 20.9 Å². The molecule has 1 rings (SSSR count). The van der Waals surface area contributed by atoms with Crippen LogP contribution in [0.25, 0.3) is 0 Å². The fourth-order valence-corrected chi connectivity index (χ4v) is 1.13. The van der Waals surface area contributed by atoms with Gasteiger partial charge in [-0.2, -0.15) is 0 Å². The number of rotatable bonds is 5. The van der Waals surface area contributed by atoms with Gasteiger partial charge in [-0.15, -0.1) is 0 Å². The molecule has 0 fully saturated rings. The largest absolute Gasteiger partial charge is 0.368 e. The van der Waals surface area contributed by atoms with E-state index in [9.17, 15) is 9.18 Å². The van der Waals surface area contributed by atoms with E-state index in [-0.39, 0.29) is 18.8 Å². The Labute approximate surface area is 110 Å². The second kappa shape index (κ2) is 6.15. The quantitative estimate of drug-likeness (QED) is 0.838. The van der Waals surface area contributed by atoms with Crippen LogP contribution in [0.3, 0.4) is 0 Å².